The summed E-state index contributed by atoms with van der Waals surface area (Å²) in [4.78, 5) is 14.1. The molecule has 1 saturated heterocycles. The highest BCUT2D eigenvalue weighted by Crippen LogP contribution is 2.19. The van der Waals surface area contributed by atoms with Crippen molar-refractivity contribution in [1.82, 2.24) is 4.90 Å². The van der Waals surface area contributed by atoms with Crippen LogP contribution in [0, 0.1) is 11.8 Å². The monoisotopic (exact) mass is 272 g/mol. The Bertz CT molecular complexity index is 273. The number of hydrogen-bond acceptors (Lipinski definition) is 4. The first kappa shape index (κ1) is 16.4. The van der Waals surface area contributed by atoms with Crippen LogP contribution < -0.4 is 5.73 Å². The van der Waals surface area contributed by atoms with E-state index in [4.69, 9.17) is 15.2 Å². The van der Waals surface area contributed by atoms with Crippen molar-refractivity contribution in [3.8, 4) is 0 Å². The van der Waals surface area contributed by atoms with E-state index in [0.717, 1.165) is 25.9 Å². The maximum atomic E-state index is 12.2. The fraction of sp³-hybridized carbons (Fsp3) is 0.929. The molecule has 0 aromatic rings. The minimum absolute atomic E-state index is 0.0914. The van der Waals surface area contributed by atoms with E-state index in [1.807, 2.05) is 11.8 Å². The Labute approximate surface area is 116 Å². The molecule has 0 saturated carbocycles. The van der Waals surface area contributed by atoms with Gasteiger partial charge in [0.2, 0.25) is 5.91 Å². The number of likely N-dealkylation sites (tertiary alicyclic amines) is 1. The van der Waals surface area contributed by atoms with Crippen LogP contribution in [0.4, 0.5) is 0 Å². The minimum atomic E-state index is -0.363. The Kier molecular flexibility index (Phi) is 7.34. The Hall–Kier alpha value is -0.650. The van der Waals surface area contributed by atoms with Crippen molar-refractivity contribution in [2.45, 2.75) is 32.7 Å². The SMILES string of the molecule is CCC(C)C(N)C(=O)N1CCC(COCCOC)C1. The second-order valence-electron chi connectivity index (χ2n) is 5.42. The van der Waals surface area contributed by atoms with Crippen LogP contribution in [0.15, 0.2) is 0 Å². The average molecular weight is 272 g/mol. The Morgan fingerprint density at radius 1 is 1.47 bits per heavy atom. The molecular weight excluding hydrogens is 244 g/mol. The summed E-state index contributed by atoms with van der Waals surface area (Å²) in [5.41, 5.74) is 6.00. The first-order chi connectivity index (χ1) is 9.10. The molecule has 1 aliphatic rings. The summed E-state index contributed by atoms with van der Waals surface area (Å²) in [5.74, 6) is 0.767. The van der Waals surface area contributed by atoms with Crippen molar-refractivity contribution >= 4 is 5.91 Å². The highest BCUT2D eigenvalue weighted by Gasteiger charge is 2.31. The largest absolute Gasteiger partial charge is 0.382 e. The highest BCUT2D eigenvalue weighted by atomic mass is 16.5. The average Bonchev–Trinajstić information content (AvgIpc) is 2.89. The number of nitrogens with zero attached hydrogens (tertiary/aromatic N) is 1. The van der Waals surface area contributed by atoms with E-state index >= 15 is 0 Å². The van der Waals surface area contributed by atoms with E-state index in [1.54, 1.807) is 7.11 Å². The third kappa shape index (κ3) is 5.09. The van der Waals surface area contributed by atoms with Crippen molar-refractivity contribution in [2.24, 2.45) is 17.6 Å². The molecule has 1 heterocycles. The molecule has 1 rings (SSSR count). The van der Waals surface area contributed by atoms with Gasteiger partial charge in [0, 0.05) is 26.1 Å². The van der Waals surface area contributed by atoms with Gasteiger partial charge in [-0.2, -0.15) is 0 Å². The molecule has 5 nitrogen and oxygen atoms in total. The third-order valence-corrected chi connectivity index (χ3v) is 3.93. The quantitative estimate of drug-likeness (QED) is 0.666. The van der Waals surface area contributed by atoms with Crippen LogP contribution in [0.3, 0.4) is 0 Å². The predicted molar refractivity (Wildman–Crippen MR) is 74.8 cm³/mol. The molecule has 0 aromatic heterocycles. The lowest BCUT2D eigenvalue weighted by Gasteiger charge is -2.24. The number of nitrogens with two attached hydrogens (primary N) is 1. The Morgan fingerprint density at radius 2 is 2.21 bits per heavy atom. The van der Waals surface area contributed by atoms with Gasteiger partial charge in [0.05, 0.1) is 25.9 Å². The first-order valence-corrected chi connectivity index (χ1v) is 7.21. The number of carbonyl (C=O) groups is 1. The lowest BCUT2D eigenvalue weighted by Crippen LogP contribution is -2.46. The van der Waals surface area contributed by atoms with E-state index in [0.29, 0.717) is 25.7 Å². The van der Waals surface area contributed by atoms with Gasteiger partial charge < -0.3 is 20.1 Å². The summed E-state index contributed by atoms with van der Waals surface area (Å²) in [5, 5.41) is 0. The molecule has 1 fully saturated rings. The van der Waals surface area contributed by atoms with E-state index in [-0.39, 0.29) is 17.9 Å². The summed E-state index contributed by atoms with van der Waals surface area (Å²) in [7, 11) is 1.66. The zero-order valence-electron chi connectivity index (χ0n) is 12.4. The molecule has 3 unspecified atom stereocenters. The summed E-state index contributed by atoms with van der Waals surface area (Å²) in [6.45, 7) is 7.61. The molecule has 112 valence electrons. The summed E-state index contributed by atoms with van der Waals surface area (Å²) in [6, 6.07) is -0.363. The van der Waals surface area contributed by atoms with Crippen LogP contribution >= 0.6 is 0 Å². The zero-order valence-corrected chi connectivity index (χ0v) is 12.4. The van der Waals surface area contributed by atoms with Gasteiger partial charge in [-0.05, 0) is 12.3 Å². The van der Waals surface area contributed by atoms with E-state index < -0.39 is 0 Å². The number of carbonyl (C=O) groups excluding carboxylic acids is 1. The van der Waals surface area contributed by atoms with Gasteiger partial charge in [-0.25, -0.2) is 0 Å². The fourth-order valence-electron chi connectivity index (χ4n) is 2.27. The van der Waals surface area contributed by atoms with Crippen molar-refractivity contribution in [3.63, 3.8) is 0 Å². The summed E-state index contributed by atoms with van der Waals surface area (Å²) >= 11 is 0. The molecule has 3 atom stereocenters. The summed E-state index contributed by atoms with van der Waals surface area (Å²) in [6.07, 6.45) is 1.94. The molecule has 0 bridgehead atoms. The van der Waals surface area contributed by atoms with Crippen molar-refractivity contribution in [1.29, 1.82) is 0 Å². The lowest BCUT2D eigenvalue weighted by atomic mass is 9.99. The zero-order chi connectivity index (χ0) is 14.3. The van der Waals surface area contributed by atoms with Gasteiger partial charge >= 0.3 is 0 Å². The van der Waals surface area contributed by atoms with E-state index in [9.17, 15) is 4.79 Å². The smallest absolute Gasteiger partial charge is 0.239 e. The van der Waals surface area contributed by atoms with Crippen LogP contribution in [0.5, 0.6) is 0 Å². The Balaban J connectivity index is 2.29. The maximum Gasteiger partial charge on any atom is 0.239 e. The number of amides is 1. The molecule has 0 aliphatic carbocycles. The van der Waals surface area contributed by atoms with Crippen LogP contribution in [-0.2, 0) is 14.3 Å². The third-order valence-electron chi connectivity index (χ3n) is 3.93. The highest BCUT2D eigenvalue weighted by molar-refractivity contribution is 5.82. The second-order valence-corrected chi connectivity index (χ2v) is 5.42. The second kappa shape index (κ2) is 8.51. The number of ether oxygens (including phenoxy) is 2. The fourth-order valence-corrected chi connectivity index (χ4v) is 2.27. The molecular formula is C14H28N2O3. The maximum absolute atomic E-state index is 12.2. The molecule has 0 radical (unpaired) electrons. The lowest BCUT2D eigenvalue weighted by molar-refractivity contribution is -0.132. The number of hydrogen-bond donors (Lipinski definition) is 1. The number of methoxy groups -OCH3 is 1. The van der Waals surface area contributed by atoms with Gasteiger partial charge in [0.1, 0.15) is 0 Å². The molecule has 19 heavy (non-hydrogen) atoms. The van der Waals surface area contributed by atoms with Gasteiger partial charge in [-0.3, -0.25) is 4.79 Å². The van der Waals surface area contributed by atoms with E-state index in [1.165, 1.54) is 0 Å². The van der Waals surface area contributed by atoms with Crippen molar-refractivity contribution in [2.75, 3.05) is 40.0 Å². The summed E-state index contributed by atoms with van der Waals surface area (Å²) < 4.78 is 10.5. The molecule has 2 N–H and O–H groups in total. The molecule has 0 spiro atoms. The van der Waals surface area contributed by atoms with Gasteiger partial charge in [-0.15, -0.1) is 0 Å². The molecule has 5 heteroatoms. The van der Waals surface area contributed by atoms with Crippen molar-refractivity contribution in [3.05, 3.63) is 0 Å². The predicted octanol–water partition coefficient (Wildman–Crippen LogP) is 0.871. The van der Waals surface area contributed by atoms with E-state index in [2.05, 4.69) is 6.92 Å². The minimum Gasteiger partial charge on any atom is -0.382 e. The van der Waals surface area contributed by atoms with Gasteiger partial charge in [0.25, 0.3) is 0 Å². The first-order valence-electron chi connectivity index (χ1n) is 7.21. The van der Waals surface area contributed by atoms with Crippen LogP contribution in [-0.4, -0.2) is 56.9 Å². The Morgan fingerprint density at radius 3 is 2.84 bits per heavy atom. The van der Waals surface area contributed by atoms with Crippen LogP contribution in [0.25, 0.3) is 0 Å². The van der Waals surface area contributed by atoms with Crippen LogP contribution in [0.1, 0.15) is 26.7 Å². The standard InChI is InChI=1S/C14H28N2O3/c1-4-11(2)13(15)14(17)16-6-5-12(9-16)10-19-8-7-18-3/h11-13H,4-10,15H2,1-3H3. The molecule has 1 amide bonds. The molecule has 1 aliphatic heterocycles. The van der Waals surface area contributed by atoms with Gasteiger partial charge in [-0.1, -0.05) is 20.3 Å². The number of rotatable bonds is 8. The van der Waals surface area contributed by atoms with Crippen molar-refractivity contribution < 1.29 is 14.3 Å². The van der Waals surface area contributed by atoms with Gasteiger partial charge in [0.15, 0.2) is 0 Å². The topological polar surface area (TPSA) is 64.8 Å². The van der Waals surface area contributed by atoms with Crippen LogP contribution in [0.2, 0.25) is 0 Å². The normalized spacial score (nSPS) is 22.5. The molecule has 0 aromatic carbocycles.